The molecule has 1 saturated heterocycles. The molecule has 0 radical (unpaired) electrons. The number of piperidine rings is 1. The fourth-order valence-electron chi connectivity index (χ4n) is 7.20. The first-order chi connectivity index (χ1) is 13.1. The zero-order valence-electron chi connectivity index (χ0n) is 16.1. The van der Waals surface area contributed by atoms with Crippen molar-refractivity contribution in [3.8, 4) is 0 Å². The monoisotopic (exact) mass is 368 g/mol. The van der Waals surface area contributed by atoms with Crippen LogP contribution in [-0.2, 0) is 10.2 Å². The van der Waals surface area contributed by atoms with Gasteiger partial charge in [-0.15, -0.1) is 0 Å². The molecule has 4 saturated carbocycles. The number of amides is 1. The SMILES string of the molecule is O=C(NC[C@@H]1CCNC[C@H]1O)C12CC3CC(C1)CC(c1ccccc1)(C3)C2. The van der Waals surface area contributed by atoms with Crippen molar-refractivity contribution in [3.05, 3.63) is 35.9 Å². The summed E-state index contributed by atoms with van der Waals surface area (Å²) in [5.74, 6) is 1.85. The molecule has 3 N–H and O–H groups in total. The number of nitrogens with one attached hydrogen (secondary N) is 2. The van der Waals surface area contributed by atoms with Crippen LogP contribution in [0.15, 0.2) is 30.3 Å². The van der Waals surface area contributed by atoms with E-state index in [0.29, 0.717) is 24.9 Å². The summed E-state index contributed by atoms with van der Waals surface area (Å²) >= 11 is 0. The molecule has 1 amide bonds. The highest BCUT2D eigenvalue weighted by molar-refractivity contribution is 5.83. The van der Waals surface area contributed by atoms with Gasteiger partial charge in [0.25, 0.3) is 0 Å². The standard InChI is InChI=1S/C23H32N2O2/c26-20-14-24-7-6-18(20)13-25-21(27)23-11-16-8-17(12-23)10-22(9-16,15-23)19-4-2-1-3-5-19/h1-5,16-18,20,24,26H,6-15H2,(H,25,27)/t16?,17?,18-,20+,22?,23?/m0/s1. The maximum absolute atomic E-state index is 13.4. The van der Waals surface area contributed by atoms with Crippen LogP contribution in [0.4, 0.5) is 0 Å². The average Bonchev–Trinajstić information content (AvgIpc) is 2.67. The zero-order chi connectivity index (χ0) is 18.5. The molecule has 1 aromatic carbocycles. The Hall–Kier alpha value is -1.39. The van der Waals surface area contributed by atoms with E-state index in [0.717, 1.165) is 32.2 Å². The normalized spacial score (nSPS) is 42.9. The van der Waals surface area contributed by atoms with Crippen molar-refractivity contribution in [1.82, 2.24) is 10.6 Å². The molecule has 6 rings (SSSR count). The molecular weight excluding hydrogens is 336 g/mol. The van der Waals surface area contributed by atoms with Crippen LogP contribution in [0.3, 0.4) is 0 Å². The van der Waals surface area contributed by atoms with Crippen molar-refractivity contribution < 1.29 is 9.90 Å². The Bertz CT molecular complexity index is 690. The Morgan fingerprint density at radius 1 is 1.15 bits per heavy atom. The number of aliphatic hydroxyl groups excluding tert-OH is 1. The fourth-order valence-corrected chi connectivity index (χ4v) is 7.20. The Kier molecular flexibility index (Phi) is 4.32. The first-order valence-electron chi connectivity index (χ1n) is 10.8. The van der Waals surface area contributed by atoms with E-state index in [-0.39, 0.29) is 28.8 Å². The van der Waals surface area contributed by atoms with Gasteiger partial charge in [-0.1, -0.05) is 30.3 Å². The van der Waals surface area contributed by atoms with Crippen LogP contribution in [0.2, 0.25) is 0 Å². The van der Waals surface area contributed by atoms with Gasteiger partial charge in [0.15, 0.2) is 0 Å². The highest BCUT2D eigenvalue weighted by atomic mass is 16.3. The third kappa shape index (κ3) is 3.01. The lowest BCUT2D eigenvalue weighted by Crippen LogP contribution is -2.59. The molecule has 4 bridgehead atoms. The summed E-state index contributed by atoms with van der Waals surface area (Å²) < 4.78 is 0. The molecule has 1 aromatic rings. The number of benzene rings is 1. The minimum Gasteiger partial charge on any atom is -0.391 e. The van der Waals surface area contributed by atoms with Crippen LogP contribution in [0.1, 0.15) is 50.5 Å². The maximum Gasteiger partial charge on any atom is 0.226 e. The summed E-state index contributed by atoms with van der Waals surface area (Å²) in [6, 6.07) is 11.0. The second kappa shape index (κ2) is 6.59. The minimum atomic E-state index is -0.342. The molecule has 1 aliphatic heterocycles. The van der Waals surface area contributed by atoms with Crippen molar-refractivity contribution in [2.75, 3.05) is 19.6 Å². The molecule has 4 heteroatoms. The first kappa shape index (κ1) is 17.7. The zero-order valence-corrected chi connectivity index (χ0v) is 16.1. The quantitative estimate of drug-likeness (QED) is 0.766. The predicted molar refractivity (Wildman–Crippen MR) is 105 cm³/mol. The molecule has 0 spiro atoms. The molecule has 146 valence electrons. The van der Waals surface area contributed by atoms with Crippen LogP contribution in [-0.4, -0.2) is 36.8 Å². The fraction of sp³-hybridized carbons (Fsp3) is 0.696. The molecule has 2 unspecified atom stereocenters. The summed E-state index contributed by atoms with van der Waals surface area (Å²) in [4.78, 5) is 13.4. The molecule has 1 heterocycles. The molecule has 5 fully saturated rings. The number of carbonyl (C=O) groups is 1. The summed E-state index contributed by atoms with van der Waals surface area (Å²) in [5, 5.41) is 16.7. The lowest BCUT2D eigenvalue weighted by molar-refractivity contribution is -0.149. The summed E-state index contributed by atoms with van der Waals surface area (Å²) in [6.07, 6.45) is 7.58. The third-order valence-corrected chi connectivity index (χ3v) is 8.04. The van der Waals surface area contributed by atoms with Crippen molar-refractivity contribution >= 4 is 5.91 Å². The van der Waals surface area contributed by atoms with Crippen LogP contribution in [0.25, 0.3) is 0 Å². The van der Waals surface area contributed by atoms with E-state index in [1.54, 1.807) is 0 Å². The number of β-amino-alcohol motifs (C(OH)–C–C–N with tert-alkyl or cyclic N) is 1. The Labute approximate surface area is 162 Å². The summed E-state index contributed by atoms with van der Waals surface area (Å²) in [5.41, 5.74) is 1.47. The van der Waals surface area contributed by atoms with Crippen LogP contribution < -0.4 is 10.6 Å². The van der Waals surface area contributed by atoms with Gasteiger partial charge in [0.2, 0.25) is 5.91 Å². The molecule has 27 heavy (non-hydrogen) atoms. The van der Waals surface area contributed by atoms with Gasteiger partial charge in [0.05, 0.1) is 11.5 Å². The molecular formula is C23H32N2O2. The molecule has 5 aliphatic rings. The van der Waals surface area contributed by atoms with Crippen molar-refractivity contribution in [2.24, 2.45) is 23.2 Å². The van der Waals surface area contributed by atoms with Crippen LogP contribution in [0, 0.1) is 23.2 Å². The van der Waals surface area contributed by atoms with Gasteiger partial charge in [0, 0.05) is 19.0 Å². The molecule has 4 aliphatic carbocycles. The van der Waals surface area contributed by atoms with Crippen LogP contribution >= 0.6 is 0 Å². The molecule has 4 nitrogen and oxygen atoms in total. The van der Waals surface area contributed by atoms with Gasteiger partial charge in [-0.25, -0.2) is 0 Å². The van der Waals surface area contributed by atoms with Gasteiger partial charge in [-0.05, 0) is 74.3 Å². The lowest BCUT2D eigenvalue weighted by atomic mass is 9.42. The maximum atomic E-state index is 13.4. The van der Waals surface area contributed by atoms with Gasteiger partial charge >= 0.3 is 0 Å². The number of carbonyl (C=O) groups excluding carboxylic acids is 1. The number of hydrogen-bond acceptors (Lipinski definition) is 3. The van der Waals surface area contributed by atoms with E-state index in [4.69, 9.17) is 0 Å². The van der Waals surface area contributed by atoms with Crippen molar-refractivity contribution in [2.45, 2.75) is 56.5 Å². The van der Waals surface area contributed by atoms with E-state index in [9.17, 15) is 9.90 Å². The highest BCUT2D eigenvalue weighted by Gasteiger charge is 2.60. The van der Waals surface area contributed by atoms with Gasteiger partial charge in [-0.3, -0.25) is 4.79 Å². The van der Waals surface area contributed by atoms with Gasteiger partial charge in [-0.2, -0.15) is 0 Å². The second-order valence-electron chi connectivity index (χ2n) is 9.92. The van der Waals surface area contributed by atoms with E-state index in [2.05, 4.69) is 41.0 Å². The lowest BCUT2D eigenvalue weighted by Gasteiger charge is -2.61. The number of aliphatic hydroxyl groups is 1. The van der Waals surface area contributed by atoms with E-state index < -0.39 is 0 Å². The predicted octanol–water partition coefficient (Wildman–Crippen LogP) is 2.61. The second-order valence-corrected chi connectivity index (χ2v) is 9.92. The Morgan fingerprint density at radius 3 is 2.59 bits per heavy atom. The topological polar surface area (TPSA) is 61.4 Å². The summed E-state index contributed by atoms with van der Waals surface area (Å²) in [7, 11) is 0. The Morgan fingerprint density at radius 2 is 1.89 bits per heavy atom. The van der Waals surface area contributed by atoms with Crippen molar-refractivity contribution in [1.29, 1.82) is 0 Å². The molecule has 4 atom stereocenters. The van der Waals surface area contributed by atoms with E-state index >= 15 is 0 Å². The summed E-state index contributed by atoms with van der Waals surface area (Å²) in [6.45, 7) is 2.20. The van der Waals surface area contributed by atoms with E-state index in [1.807, 2.05) is 0 Å². The minimum absolute atomic E-state index is 0.183. The largest absolute Gasteiger partial charge is 0.391 e. The number of rotatable bonds is 4. The first-order valence-corrected chi connectivity index (χ1v) is 10.8. The van der Waals surface area contributed by atoms with E-state index in [1.165, 1.54) is 24.8 Å². The third-order valence-electron chi connectivity index (χ3n) is 8.04. The molecule has 0 aromatic heterocycles. The van der Waals surface area contributed by atoms with Crippen molar-refractivity contribution in [3.63, 3.8) is 0 Å². The smallest absolute Gasteiger partial charge is 0.226 e. The van der Waals surface area contributed by atoms with Gasteiger partial charge < -0.3 is 15.7 Å². The Balaban J connectivity index is 1.35. The number of hydrogen-bond donors (Lipinski definition) is 3. The van der Waals surface area contributed by atoms with Gasteiger partial charge in [0.1, 0.15) is 0 Å². The highest BCUT2D eigenvalue weighted by Crippen LogP contribution is 2.65. The van der Waals surface area contributed by atoms with Crippen LogP contribution in [0.5, 0.6) is 0 Å². The average molecular weight is 369 g/mol.